The number of benzene rings is 1. The Bertz CT molecular complexity index is 275. The zero-order valence-electron chi connectivity index (χ0n) is 8.32. The lowest BCUT2D eigenvalue weighted by Crippen LogP contribution is -1.99. The lowest BCUT2D eigenvalue weighted by molar-refractivity contribution is 0.415. The Kier molecular flexibility index (Phi) is 3.38. The Morgan fingerprint density at radius 1 is 1.15 bits per heavy atom. The molecule has 70 valence electrons. The van der Waals surface area contributed by atoms with E-state index in [2.05, 4.69) is 6.08 Å². The average molecular weight is 177 g/mol. The first-order chi connectivity index (χ1) is 6.22. The largest absolute Gasteiger partial charge is 0.497 e. The molecule has 2 heteroatoms. The lowest BCUT2D eigenvalue weighted by atomic mass is 10.2. The number of ether oxygens (including phenoxy) is 1. The van der Waals surface area contributed by atoms with Gasteiger partial charge < -0.3 is 9.64 Å². The van der Waals surface area contributed by atoms with E-state index in [-0.39, 0.29) is 0 Å². The maximum atomic E-state index is 5.06. The van der Waals surface area contributed by atoms with Crippen LogP contribution < -0.4 is 4.74 Å². The molecule has 0 saturated heterocycles. The SMILES string of the molecule is COc1ccc(/C=C/N(C)C)cc1. The quantitative estimate of drug-likeness (QED) is 0.702. The van der Waals surface area contributed by atoms with Gasteiger partial charge in [0.2, 0.25) is 0 Å². The number of hydrogen-bond donors (Lipinski definition) is 0. The molecule has 1 aromatic carbocycles. The minimum Gasteiger partial charge on any atom is -0.497 e. The van der Waals surface area contributed by atoms with Crippen LogP contribution in [0.2, 0.25) is 0 Å². The van der Waals surface area contributed by atoms with Crippen molar-refractivity contribution in [3.63, 3.8) is 0 Å². The van der Waals surface area contributed by atoms with Crippen molar-refractivity contribution >= 4 is 6.08 Å². The summed E-state index contributed by atoms with van der Waals surface area (Å²) in [5.74, 6) is 0.891. The summed E-state index contributed by atoms with van der Waals surface area (Å²) in [5, 5.41) is 0. The molecule has 0 N–H and O–H groups in total. The molecule has 0 unspecified atom stereocenters. The Hall–Kier alpha value is -1.44. The van der Waals surface area contributed by atoms with Gasteiger partial charge in [0.15, 0.2) is 0 Å². The van der Waals surface area contributed by atoms with E-state index in [0.717, 1.165) is 5.75 Å². The second-order valence-corrected chi connectivity index (χ2v) is 3.05. The second kappa shape index (κ2) is 4.55. The first-order valence-corrected chi connectivity index (χ1v) is 4.21. The van der Waals surface area contributed by atoms with Crippen LogP contribution in [0.1, 0.15) is 5.56 Å². The molecule has 1 aromatic rings. The van der Waals surface area contributed by atoms with Gasteiger partial charge in [-0.1, -0.05) is 12.1 Å². The van der Waals surface area contributed by atoms with E-state index in [1.165, 1.54) is 5.56 Å². The fourth-order valence-electron chi connectivity index (χ4n) is 0.950. The normalized spacial score (nSPS) is 10.4. The summed E-state index contributed by atoms with van der Waals surface area (Å²) in [6.45, 7) is 0. The average Bonchev–Trinajstić information content (AvgIpc) is 2.15. The molecule has 0 aromatic heterocycles. The van der Waals surface area contributed by atoms with Crippen LogP contribution in [-0.2, 0) is 0 Å². The molecule has 0 fully saturated rings. The minimum atomic E-state index is 0.891. The van der Waals surface area contributed by atoms with Gasteiger partial charge in [0, 0.05) is 14.1 Å². The highest BCUT2D eigenvalue weighted by Gasteiger charge is 1.89. The van der Waals surface area contributed by atoms with Crippen molar-refractivity contribution in [1.82, 2.24) is 4.90 Å². The third-order valence-electron chi connectivity index (χ3n) is 1.68. The molecule has 0 heterocycles. The van der Waals surface area contributed by atoms with Crippen molar-refractivity contribution in [2.75, 3.05) is 21.2 Å². The molecular formula is C11H15NO. The Balaban J connectivity index is 2.69. The maximum absolute atomic E-state index is 5.06. The first kappa shape index (κ1) is 9.65. The smallest absolute Gasteiger partial charge is 0.118 e. The summed E-state index contributed by atoms with van der Waals surface area (Å²) in [6, 6.07) is 7.96. The van der Waals surface area contributed by atoms with E-state index in [9.17, 15) is 0 Å². The molecule has 0 aliphatic rings. The zero-order valence-corrected chi connectivity index (χ0v) is 8.32. The van der Waals surface area contributed by atoms with Crippen LogP contribution >= 0.6 is 0 Å². The number of hydrogen-bond acceptors (Lipinski definition) is 2. The summed E-state index contributed by atoms with van der Waals surface area (Å²) >= 11 is 0. The van der Waals surface area contributed by atoms with Gasteiger partial charge in [0.25, 0.3) is 0 Å². The molecule has 0 spiro atoms. The fraction of sp³-hybridized carbons (Fsp3) is 0.273. The molecule has 0 atom stereocenters. The van der Waals surface area contributed by atoms with E-state index in [1.807, 2.05) is 49.5 Å². The molecule has 0 saturated carbocycles. The molecule has 0 radical (unpaired) electrons. The second-order valence-electron chi connectivity index (χ2n) is 3.05. The van der Waals surface area contributed by atoms with Gasteiger partial charge >= 0.3 is 0 Å². The molecule has 0 aliphatic heterocycles. The van der Waals surface area contributed by atoms with Crippen LogP contribution in [0.5, 0.6) is 5.75 Å². The molecule has 0 aliphatic carbocycles. The van der Waals surface area contributed by atoms with Crippen LogP contribution in [0.3, 0.4) is 0 Å². The molecule has 2 nitrogen and oxygen atoms in total. The summed E-state index contributed by atoms with van der Waals surface area (Å²) < 4.78 is 5.06. The summed E-state index contributed by atoms with van der Waals surface area (Å²) in [7, 11) is 5.67. The predicted octanol–water partition coefficient (Wildman–Crippen LogP) is 2.23. The number of methoxy groups -OCH3 is 1. The number of rotatable bonds is 3. The molecular weight excluding hydrogens is 162 g/mol. The Labute approximate surface area is 79.4 Å². The standard InChI is InChI=1S/C11H15NO/c1-12(2)9-8-10-4-6-11(13-3)7-5-10/h4-9H,1-3H3/b9-8+. The van der Waals surface area contributed by atoms with Gasteiger partial charge in [0.1, 0.15) is 5.75 Å². The van der Waals surface area contributed by atoms with Gasteiger partial charge in [-0.2, -0.15) is 0 Å². The highest BCUT2D eigenvalue weighted by Crippen LogP contribution is 2.12. The van der Waals surface area contributed by atoms with Gasteiger partial charge in [-0.3, -0.25) is 0 Å². The summed E-state index contributed by atoms with van der Waals surface area (Å²) in [4.78, 5) is 2.00. The van der Waals surface area contributed by atoms with E-state index in [1.54, 1.807) is 7.11 Å². The van der Waals surface area contributed by atoms with E-state index >= 15 is 0 Å². The van der Waals surface area contributed by atoms with Crippen molar-refractivity contribution in [1.29, 1.82) is 0 Å². The van der Waals surface area contributed by atoms with Gasteiger partial charge in [-0.05, 0) is 30.0 Å². The van der Waals surface area contributed by atoms with Crippen LogP contribution in [-0.4, -0.2) is 26.1 Å². The maximum Gasteiger partial charge on any atom is 0.118 e. The topological polar surface area (TPSA) is 12.5 Å². The molecule has 0 bridgehead atoms. The van der Waals surface area contributed by atoms with Crippen LogP contribution in [0.15, 0.2) is 30.5 Å². The highest BCUT2D eigenvalue weighted by molar-refractivity contribution is 5.50. The van der Waals surface area contributed by atoms with E-state index in [4.69, 9.17) is 4.74 Å². The molecule has 0 amide bonds. The third kappa shape index (κ3) is 3.20. The lowest BCUT2D eigenvalue weighted by Gasteiger charge is -2.03. The van der Waals surface area contributed by atoms with Crippen molar-refractivity contribution < 1.29 is 4.74 Å². The predicted molar refractivity (Wildman–Crippen MR) is 55.7 cm³/mol. The van der Waals surface area contributed by atoms with E-state index in [0.29, 0.717) is 0 Å². The van der Waals surface area contributed by atoms with Crippen molar-refractivity contribution in [2.45, 2.75) is 0 Å². The van der Waals surface area contributed by atoms with Gasteiger partial charge in [0.05, 0.1) is 7.11 Å². The van der Waals surface area contributed by atoms with Crippen LogP contribution in [0.4, 0.5) is 0 Å². The van der Waals surface area contributed by atoms with Crippen LogP contribution in [0, 0.1) is 0 Å². The van der Waals surface area contributed by atoms with Crippen molar-refractivity contribution in [3.8, 4) is 5.75 Å². The van der Waals surface area contributed by atoms with Gasteiger partial charge in [-0.15, -0.1) is 0 Å². The molecule has 13 heavy (non-hydrogen) atoms. The first-order valence-electron chi connectivity index (χ1n) is 4.21. The monoisotopic (exact) mass is 177 g/mol. The van der Waals surface area contributed by atoms with Crippen LogP contribution in [0.25, 0.3) is 6.08 Å². The highest BCUT2D eigenvalue weighted by atomic mass is 16.5. The van der Waals surface area contributed by atoms with E-state index < -0.39 is 0 Å². The summed E-state index contributed by atoms with van der Waals surface area (Å²) in [6.07, 6.45) is 4.07. The Morgan fingerprint density at radius 2 is 1.77 bits per heavy atom. The van der Waals surface area contributed by atoms with Crippen molar-refractivity contribution in [2.24, 2.45) is 0 Å². The van der Waals surface area contributed by atoms with Crippen molar-refractivity contribution in [3.05, 3.63) is 36.0 Å². The fourth-order valence-corrected chi connectivity index (χ4v) is 0.950. The zero-order chi connectivity index (χ0) is 9.68. The summed E-state index contributed by atoms with van der Waals surface area (Å²) in [5.41, 5.74) is 1.18. The minimum absolute atomic E-state index is 0.891. The number of nitrogens with zero attached hydrogens (tertiary/aromatic N) is 1. The Morgan fingerprint density at radius 3 is 2.23 bits per heavy atom. The third-order valence-corrected chi connectivity index (χ3v) is 1.68. The van der Waals surface area contributed by atoms with Gasteiger partial charge in [-0.25, -0.2) is 0 Å². The molecule has 1 rings (SSSR count).